The summed E-state index contributed by atoms with van der Waals surface area (Å²) in [6.07, 6.45) is 7.63. The number of cyclic esters (lactones) is 2. The molecule has 0 bridgehead atoms. The van der Waals surface area contributed by atoms with E-state index < -0.39 is 24.1 Å². The molecule has 0 spiro atoms. The lowest BCUT2D eigenvalue weighted by Gasteiger charge is -2.27. The number of ether oxygens (including phenoxy) is 3. The summed E-state index contributed by atoms with van der Waals surface area (Å²) in [5.74, 6) is -1.54. The predicted molar refractivity (Wildman–Crippen MR) is 119 cm³/mol. The molecule has 0 aliphatic carbocycles. The monoisotopic (exact) mass is 439 g/mol. The van der Waals surface area contributed by atoms with Gasteiger partial charge in [0, 0.05) is 38.6 Å². The molecule has 1 aliphatic heterocycles. The van der Waals surface area contributed by atoms with Crippen molar-refractivity contribution in [2.24, 2.45) is 11.8 Å². The Morgan fingerprint density at radius 2 is 1.87 bits per heavy atom. The van der Waals surface area contributed by atoms with Gasteiger partial charge in [-0.15, -0.1) is 0 Å². The van der Waals surface area contributed by atoms with Crippen LogP contribution in [0.5, 0.6) is 0 Å². The van der Waals surface area contributed by atoms with Crippen LogP contribution in [0.3, 0.4) is 0 Å². The molecular formula is C24H41NO6. The second kappa shape index (κ2) is 14.2. The van der Waals surface area contributed by atoms with Crippen molar-refractivity contribution in [1.82, 2.24) is 4.90 Å². The van der Waals surface area contributed by atoms with E-state index in [-0.39, 0.29) is 30.3 Å². The van der Waals surface area contributed by atoms with Crippen LogP contribution in [0.2, 0.25) is 0 Å². The van der Waals surface area contributed by atoms with E-state index in [9.17, 15) is 14.4 Å². The van der Waals surface area contributed by atoms with Crippen molar-refractivity contribution in [2.75, 3.05) is 14.2 Å². The molecule has 4 atom stereocenters. The van der Waals surface area contributed by atoms with Crippen molar-refractivity contribution in [3.05, 3.63) is 12.3 Å². The van der Waals surface area contributed by atoms with Crippen molar-refractivity contribution in [3.8, 4) is 0 Å². The Hall–Kier alpha value is -1.89. The number of carbonyl (C=O) groups is 3. The third-order valence-corrected chi connectivity index (χ3v) is 5.67. The normalized spacial score (nSPS) is 26.2. The maximum atomic E-state index is 12.9. The first-order chi connectivity index (χ1) is 14.7. The largest absolute Gasteiger partial charge is 0.460 e. The highest BCUT2D eigenvalue weighted by molar-refractivity contribution is 5.81. The fourth-order valence-corrected chi connectivity index (χ4v) is 3.64. The van der Waals surface area contributed by atoms with Gasteiger partial charge in [0.25, 0.3) is 0 Å². The van der Waals surface area contributed by atoms with Crippen molar-refractivity contribution in [1.29, 1.82) is 0 Å². The quantitative estimate of drug-likeness (QED) is 0.415. The fraction of sp³-hybridized carbons (Fsp3) is 0.792. The summed E-state index contributed by atoms with van der Waals surface area (Å²) >= 11 is 0. The number of amides is 1. The van der Waals surface area contributed by atoms with Gasteiger partial charge in [0.05, 0.1) is 12.5 Å². The molecule has 7 nitrogen and oxygen atoms in total. The molecule has 0 saturated carbocycles. The number of rotatable bonds is 8. The number of esters is 2. The number of nitrogens with zero attached hydrogens (tertiary/aromatic N) is 1. The zero-order valence-electron chi connectivity index (χ0n) is 20.1. The van der Waals surface area contributed by atoms with Crippen LogP contribution in [-0.2, 0) is 28.6 Å². The first kappa shape index (κ1) is 27.1. The van der Waals surface area contributed by atoms with Crippen molar-refractivity contribution >= 4 is 17.8 Å². The smallest absolute Gasteiger partial charge is 0.347 e. The molecule has 0 aromatic heterocycles. The van der Waals surface area contributed by atoms with Crippen LogP contribution in [-0.4, -0.2) is 55.2 Å². The van der Waals surface area contributed by atoms with Crippen LogP contribution >= 0.6 is 0 Å². The number of carbonyl (C=O) groups excluding carboxylic acids is 3. The number of methoxy groups -OCH3 is 1. The lowest BCUT2D eigenvalue weighted by atomic mass is 9.96. The van der Waals surface area contributed by atoms with Crippen molar-refractivity contribution in [3.63, 3.8) is 0 Å². The third-order valence-electron chi connectivity index (χ3n) is 5.67. The van der Waals surface area contributed by atoms with Gasteiger partial charge in [0.1, 0.15) is 6.10 Å². The SMILES string of the molecule is CCCCC[C@@H](CC1CCC(C)C(=O)N(C)/C=C/CC(=O)OC(C(C)C)C(=O)O1)OC. The second-order valence-electron chi connectivity index (χ2n) is 8.82. The summed E-state index contributed by atoms with van der Waals surface area (Å²) in [5, 5.41) is 0. The van der Waals surface area contributed by atoms with Gasteiger partial charge < -0.3 is 19.1 Å². The molecular weight excluding hydrogens is 398 g/mol. The van der Waals surface area contributed by atoms with E-state index in [1.165, 1.54) is 4.90 Å². The van der Waals surface area contributed by atoms with Crippen molar-refractivity contribution < 1.29 is 28.6 Å². The Kier molecular flexibility index (Phi) is 12.5. The predicted octanol–water partition coefficient (Wildman–Crippen LogP) is 4.24. The van der Waals surface area contributed by atoms with Gasteiger partial charge in [-0.05, 0) is 19.3 Å². The maximum absolute atomic E-state index is 12.9. The van der Waals surface area contributed by atoms with E-state index in [2.05, 4.69) is 6.92 Å². The van der Waals surface area contributed by atoms with Gasteiger partial charge in [0.15, 0.2) is 0 Å². The molecule has 0 N–H and O–H groups in total. The Morgan fingerprint density at radius 1 is 1.16 bits per heavy atom. The molecule has 1 aliphatic rings. The summed E-state index contributed by atoms with van der Waals surface area (Å²) in [5.41, 5.74) is 0. The number of hydrogen-bond acceptors (Lipinski definition) is 6. The van der Waals surface area contributed by atoms with Crippen LogP contribution in [0.15, 0.2) is 12.3 Å². The molecule has 3 unspecified atom stereocenters. The van der Waals surface area contributed by atoms with Gasteiger partial charge in [-0.25, -0.2) is 4.79 Å². The maximum Gasteiger partial charge on any atom is 0.347 e. The fourth-order valence-electron chi connectivity index (χ4n) is 3.64. The minimum atomic E-state index is -0.954. The van der Waals surface area contributed by atoms with Gasteiger partial charge in [-0.1, -0.05) is 53.0 Å². The zero-order valence-corrected chi connectivity index (χ0v) is 20.1. The molecule has 0 aromatic rings. The van der Waals surface area contributed by atoms with Gasteiger partial charge >= 0.3 is 11.9 Å². The standard InChI is InChI=1S/C24H41NO6/c1-7-8-9-11-19(29-6)16-20-14-13-18(4)23(27)25(5)15-10-12-21(26)31-22(17(2)3)24(28)30-20/h10,15,17-20,22H,7-9,11-14,16H2,1-6H3/b15-10+/t18?,19-,20?,22?/m0/s1. The molecule has 178 valence electrons. The van der Waals surface area contributed by atoms with E-state index >= 15 is 0 Å². The van der Waals surface area contributed by atoms with E-state index in [1.54, 1.807) is 26.4 Å². The summed E-state index contributed by atoms with van der Waals surface area (Å²) in [6.45, 7) is 7.67. The Bertz CT molecular complexity index is 603. The summed E-state index contributed by atoms with van der Waals surface area (Å²) < 4.78 is 16.9. The van der Waals surface area contributed by atoms with Crippen LogP contribution in [0.25, 0.3) is 0 Å². The lowest BCUT2D eigenvalue weighted by molar-refractivity contribution is -0.175. The Labute approximate surface area is 187 Å². The highest BCUT2D eigenvalue weighted by atomic mass is 16.6. The van der Waals surface area contributed by atoms with Crippen molar-refractivity contribution in [2.45, 2.75) is 97.4 Å². The average Bonchev–Trinajstić information content (AvgIpc) is 2.73. The number of unbranched alkanes of at least 4 members (excludes halogenated alkanes) is 2. The first-order valence-corrected chi connectivity index (χ1v) is 11.6. The Morgan fingerprint density at radius 3 is 2.48 bits per heavy atom. The highest BCUT2D eigenvalue weighted by Gasteiger charge is 2.31. The highest BCUT2D eigenvalue weighted by Crippen LogP contribution is 2.22. The van der Waals surface area contributed by atoms with Gasteiger partial charge in [0.2, 0.25) is 12.0 Å². The minimum absolute atomic E-state index is 0.0187. The summed E-state index contributed by atoms with van der Waals surface area (Å²) in [6, 6.07) is 0. The van der Waals surface area contributed by atoms with Crippen LogP contribution in [0, 0.1) is 11.8 Å². The average molecular weight is 440 g/mol. The molecule has 0 fully saturated rings. The second-order valence-corrected chi connectivity index (χ2v) is 8.82. The van der Waals surface area contributed by atoms with Crippen LogP contribution < -0.4 is 0 Å². The Balaban J connectivity index is 3.04. The number of hydrogen-bond donors (Lipinski definition) is 0. The molecule has 0 radical (unpaired) electrons. The van der Waals surface area contributed by atoms with Crippen LogP contribution in [0.4, 0.5) is 0 Å². The molecule has 0 saturated heterocycles. The van der Waals surface area contributed by atoms with Gasteiger partial charge in [-0.3, -0.25) is 9.59 Å². The van der Waals surface area contributed by atoms with E-state index in [0.29, 0.717) is 19.3 Å². The first-order valence-electron chi connectivity index (χ1n) is 11.6. The molecule has 1 rings (SSSR count). The van der Waals surface area contributed by atoms with E-state index in [4.69, 9.17) is 14.2 Å². The molecule has 7 heteroatoms. The minimum Gasteiger partial charge on any atom is -0.460 e. The van der Waals surface area contributed by atoms with E-state index in [1.807, 2.05) is 20.8 Å². The van der Waals surface area contributed by atoms with E-state index in [0.717, 1.165) is 25.7 Å². The molecule has 1 amide bonds. The lowest BCUT2D eigenvalue weighted by Crippen LogP contribution is -2.37. The molecule has 0 aromatic carbocycles. The van der Waals surface area contributed by atoms with Gasteiger partial charge in [-0.2, -0.15) is 0 Å². The molecule has 31 heavy (non-hydrogen) atoms. The summed E-state index contributed by atoms with van der Waals surface area (Å²) in [4.78, 5) is 39.2. The third kappa shape index (κ3) is 9.85. The summed E-state index contributed by atoms with van der Waals surface area (Å²) in [7, 11) is 3.35. The zero-order chi connectivity index (χ0) is 23.4. The van der Waals surface area contributed by atoms with Crippen LogP contribution in [0.1, 0.15) is 79.1 Å². The topological polar surface area (TPSA) is 82.1 Å². The molecule has 1 heterocycles.